The Hall–Kier alpha value is -2.41. The highest BCUT2D eigenvalue weighted by atomic mass is 16.4. The lowest BCUT2D eigenvalue weighted by molar-refractivity contribution is -0.137. The summed E-state index contributed by atoms with van der Waals surface area (Å²) in [4.78, 5) is 36.7. The molecule has 0 bridgehead atoms. The van der Waals surface area contributed by atoms with Gasteiger partial charge >= 0.3 is 5.97 Å². The van der Waals surface area contributed by atoms with Gasteiger partial charge in [-0.3, -0.25) is 14.4 Å². The van der Waals surface area contributed by atoms with Crippen molar-refractivity contribution in [3.05, 3.63) is 34.9 Å². The number of aliphatic hydroxyl groups is 1. The Morgan fingerprint density at radius 2 is 1.92 bits per heavy atom. The zero-order valence-corrected chi connectivity index (χ0v) is 14.8. The van der Waals surface area contributed by atoms with E-state index in [-0.39, 0.29) is 31.9 Å². The summed E-state index contributed by atoms with van der Waals surface area (Å²) in [5, 5.41) is 17.7. The molecule has 2 amide bonds. The Balaban J connectivity index is 2.10. The van der Waals surface area contributed by atoms with Crippen molar-refractivity contribution in [1.29, 1.82) is 0 Å². The van der Waals surface area contributed by atoms with Crippen LogP contribution in [-0.4, -0.2) is 45.5 Å². The number of hydrogen-bond donors (Lipinski definition) is 3. The molecule has 1 aromatic rings. The van der Waals surface area contributed by atoms with Gasteiger partial charge in [0.25, 0.3) is 5.91 Å². The SMILES string of the molecule is NC(=O)C(CCC(=O)O)N1Cc2c(CCCCCCO)cccc2C1=O. The monoisotopic (exact) mass is 362 g/mol. The number of benzene rings is 1. The Labute approximate surface area is 152 Å². The van der Waals surface area contributed by atoms with E-state index in [1.807, 2.05) is 12.1 Å². The number of fused-ring (bicyclic) bond motifs is 1. The number of nitrogens with zero attached hydrogens (tertiary/aromatic N) is 1. The van der Waals surface area contributed by atoms with Gasteiger partial charge in [-0.15, -0.1) is 0 Å². The molecule has 0 aliphatic carbocycles. The van der Waals surface area contributed by atoms with Crippen LogP contribution in [-0.2, 0) is 22.6 Å². The first-order valence-corrected chi connectivity index (χ1v) is 8.99. The van der Waals surface area contributed by atoms with Crippen LogP contribution in [0.5, 0.6) is 0 Å². The summed E-state index contributed by atoms with van der Waals surface area (Å²) >= 11 is 0. The van der Waals surface area contributed by atoms with Crippen LogP contribution in [0.15, 0.2) is 18.2 Å². The van der Waals surface area contributed by atoms with Gasteiger partial charge in [0.15, 0.2) is 0 Å². The molecular weight excluding hydrogens is 336 g/mol. The molecule has 7 heteroatoms. The normalized spacial score (nSPS) is 14.3. The molecule has 1 aliphatic heterocycles. The number of carbonyl (C=O) groups excluding carboxylic acids is 2. The van der Waals surface area contributed by atoms with Crippen LogP contribution in [0.25, 0.3) is 0 Å². The van der Waals surface area contributed by atoms with E-state index in [1.54, 1.807) is 6.07 Å². The first kappa shape index (κ1) is 19.9. The van der Waals surface area contributed by atoms with Crippen LogP contribution in [0.3, 0.4) is 0 Å². The van der Waals surface area contributed by atoms with Gasteiger partial charge in [-0.2, -0.15) is 0 Å². The number of nitrogens with two attached hydrogens (primary N) is 1. The second-order valence-corrected chi connectivity index (χ2v) is 6.61. The summed E-state index contributed by atoms with van der Waals surface area (Å²) in [6.45, 7) is 0.489. The third-order valence-electron chi connectivity index (χ3n) is 4.78. The van der Waals surface area contributed by atoms with Gasteiger partial charge < -0.3 is 20.8 Å². The topological polar surface area (TPSA) is 121 Å². The average molecular weight is 362 g/mol. The lowest BCUT2D eigenvalue weighted by atomic mass is 9.98. The predicted octanol–water partition coefficient (Wildman–Crippen LogP) is 1.46. The molecule has 1 heterocycles. The number of carbonyl (C=O) groups is 3. The number of aliphatic carboxylic acids is 1. The number of carboxylic acid groups (broad SMARTS) is 1. The molecule has 0 saturated carbocycles. The molecule has 4 N–H and O–H groups in total. The number of unbranched alkanes of at least 4 members (excludes halogenated alkanes) is 3. The van der Waals surface area contributed by atoms with Gasteiger partial charge in [0.2, 0.25) is 5.91 Å². The van der Waals surface area contributed by atoms with Crippen LogP contribution in [0.1, 0.15) is 60.0 Å². The highest BCUT2D eigenvalue weighted by molar-refractivity contribution is 6.01. The number of aryl methyl sites for hydroxylation is 1. The Morgan fingerprint density at radius 3 is 2.58 bits per heavy atom. The van der Waals surface area contributed by atoms with Gasteiger partial charge in [0.1, 0.15) is 6.04 Å². The van der Waals surface area contributed by atoms with Gasteiger partial charge in [0, 0.05) is 25.1 Å². The average Bonchev–Trinajstić information content (AvgIpc) is 2.92. The summed E-state index contributed by atoms with van der Waals surface area (Å²) in [7, 11) is 0. The van der Waals surface area contributed by atoms with Crippen molar-refractivity contribution in [2.45, 2.75) is 57.5 Å². The largest absolute Gasteiger partial charge is 0.481 e. The number of aliphatic hydroxyl groups excluding tert-OH is 1. The smallest absolute Gasteiger partial charge is 0.303 e. The van der Waals surface area contributed by atoms with Crippen molar-refractivity contribution in [1.82, 2.24) is 4.90 Å². The van der Waals surface area contributed by atoms with E-state index in [4.69, 9.17) is 15.9 Å². The molecule has 0 fully saturated rings. The van der Waals surface area contributed by atoms with Crippen LogP contribution in [0, 0.1) is 0 Å². The number of primary amides is 1. The molecule has 142 valence electrons. The molecule has 0 radical (unpaired) electrons. The first-order chi connectivity index (χ1) is 12.5. The number of amides is 2. The molecule has 7 nitrogen and oxygen atoms in total. The number of carboxylic acids is 1. The van der Waals surface area contributed by atoms with Crippen molar-refractivity contribution in [3.63, 3.8) is 0 Å². The molecule has 2 rings (SSSR count). The van der Waals surface area contributed by atoms with E-state index in [0.717, 1.165) is 43.2 Å². The number of rotatable bonds is 11. The van der Waals surface area contributed by atoms with Crippen LogP contribution < -0.4 is 5.73 Å². The van der Waals surface area contributed by atoms with Gasteiger partial charge in [0.05, 0.1) is 0 Å². The van der Waals surface area contributed by atoms with E-state index >= 15 is 0 Å². The van der Waals surface area contributed by atoms with Crippen LogP contribution in [0.4, 0.5) is 0 Å². The molecule has 1 aromatic carbocycles. The van der Waals surface area contributed by atoms with Crippen molar-refractivity contribution >= 4 is 17.8 Å². The quantitative estimate of drug-likeness (QED) is 0.515. The first-order valence-electron chi connectivity index (χ1n) is 8.99. The summed E-state index contributed by atoms with van der Waals surface area (Å²) in [6.07, 6.45) is 4.35. The summed E-state index contributed by atoms with van der Waals surface area (Å²) in [6, 6.07) is 4.64. The number of hydrogen-bond acceptors (Lipinski definition) is 4. The van der Waals surface area contributed by atoms with E-state index in [1.165, 1.54) is 4.90 Å². The third-order valence-corrected chi connectivity index (χ3v) is 4.78. The fourth-order valence-electron chi connectivity index (χ4n) is 3.40. The van der Waals surface area contributed by atoms with Crippen LogP contribution >= 0.6 is 0 Å². The second kappa shape index (κ2) is 9.33. The minimum atomic E-state index is -1.02. The fraction of sp³-hybridized carbons (Fsp3) is 0.526. The fourth-order valence-corrected chi connectivity index (χ4v) is 3.40. The van der Waals surface area contributed by atoms with Gasteiger partial charge in [-0.05, 0) is 42.9 Å². The maximum Gasteiger partial charge on any atom is 0.303 e. The Kier molecular flexibility index (Phi) is 7.15. The molecule has 0 aromatic heterocycles. The van der Waals surface area contributed by atoms with Crippen molar-refractivity contribution < 1.29 is 24.6 Å². The standard InChI is InChI=1S/C19H26N2O5/c20-18(25)16(9-10-17(23)24)21-12-15-13(6-3-1-2-4-11-22)7-5-8-14(15)19(21)26/h5,7-8,16,22H,1-4,6,9-12H2,(H2,20,25)(H,23,24). The van der Waals surface area contributed by atoms with Crippen molar-refractivity contribution in [3.8, 4) is 0 Å². The third kappa shape index (κ3) is 4.82. The Morgan fingerprint density at radius 1 is 1.19 bits per heavy atom. The van der Waals surface area contributed by atoms with Crippen molar-refractivity contribution in [2.75, 3.05) is 6.61 Å². The predicted molar refractivity (Wildman–Crippen MR) is 95.4 cm³/mol. The zero-order chi connectivity index (χ0) is 19.1. The zero-order valence-electron chi connectivity index (χ0n) is 14.8. The molecule has 1 atom stereocenters. The Bertz CT molecular complexity index is 674. The molecular formula is C19H26N2O5. The minimum Gasteiger partial charge on any atom is -0.481 e. The molecule has 26 heavy (non-hydrogen) atoms. The molecule has 0 spiro atoms. The van der Waals surface area contributed by atoms with Gasteiger partial charge in [-0.25, -0.2) is 0 Å². The molecule has 0 saturated heterocycles. The summed E-state index contributed by atoms with van der Waals surface area (Å²) < 4.78 is 0. The lowest BCUT2D eigenvalue weighted by Gasteiger charge is -2.24. The molecule has 1 aliphatic rings. The lowest BCUT2D eigenvalue weighted by Crippen LogP contribution is -2.45. The van der Waals surface area contributed by atoms with E-state index in [2.05, 4.69) is 0 Å². The maximum atomic E-state index is 12.7. The minimum absolute atomic E-state index is 0.0148. The van der Waals surface area contributed by atoms with E-state index < -0.39 is 17.9 Å². The van der Waals surface area contributed by atoms with E-state index in [9.17, 15) is 14.4 Å². The highest BCUT2D eigenvalue weighted by Gasteiger charge is 2.36. The molecule has 1 unspecified atom stereocenters. The van der Waals surface area contributed by atoms with Crippen molar-refractivity contribution in [2.24, 2.45) is 5.73 Å². The summed E-state index contributed by atoms with van der Waals surface area (Å²) in [5.41, 5.74) is 7.96. The van der Waals surface area contributed by atoms with E-state index in [0.29, 0.717) is 5.56 Å². The van der Waals surface area contributed by atoms with Crippen LogP contribution in [0.2, 0.25) is 0 Å². The van der Waals surface area contributed by atoms with Gasteiger partial charge in [-0.1, -0.05) is 25.0 Å². The highest BCUT2D eigenvalue weighted by Crippen LogP contribution is 2.29. The second-order valence-electron chi connectivity index (χ2n) is 6.61. The summed E-state index contributed by atoms with van der Waals surface area (Å²) in [5.74, 6) is -1.97. The maximum absolute atomic E-state index is 12.7.